The summed E-state index contributed by atoms with van der Waals surface area (Å²) in [6, 6.07) is 1.88. The fraction of sp³-hybridized carbons (Fsp3) is 0.455. The van der Waals surface area contributed by atoms with Gasteiger partial charge in [0.2, 0.25) is 5.91 Å². The zero-order valence-electron chi connectivity index (χ0n) is 8.72. The number of carbonyl (C=O) groups excluding carboxylic acids is 1. The lowest BCUT2D eigenvalue weighted by Gasteiger charge is -2.38. The molecule has 84 valence electrons. The van der Waals surface area contributed by atoms with E-state index in [0.717, 1.165) is 35.2 Å². The summed E-state index contributed by atoms with van der Waals surface area (Å²) in [5.74, 6) is 0.894. The summed E-state index contributed by atoms with van der Waals surface area (Å²) in [7, 11) is 0. The van der Waals surface area contributed by atoms with Gasteiger partial charge in [0.15, 0.2) is 0 Å². The van der Waals surface area contributed by atoms with E-state index in [-0.39, 0.29) is 11.3 Å². The van der Waals surface area contributed by atoms with Gasteiger partial charge in [-0.15, -0.1) is 0 Å². The number of rotatable bonds is 0. The van der Waals surface area contributed by atoms with Gasteiger partial charge in [-0.1, -0.05) is 6.42 Å². The average Bonchev–Trinajstić information content (AvgIpc) is 2.32. The van der Waals surface area contributed by atoms with Crippen LogP contribution in [0.5, 0.6) is 0 Å². The van der Waals surface area contributed by atoms with E-state index in [1.54, 1.807) is 6.20 Å². The van der Waals surface area contributed by atoms with Gasteiger partial charge in [0.05, 0.1) is 11.1 Å². The molecule has 2 aliphatic rings. The average molecular weight is 282 g/mol. The number of carbonyl (C=O) groups is 1. The van der Waals surface area contributed by atoms with Crippen LogP contribution in [0.2, 0.25) is 0 Å². The van der Waals surface area contributed by atoms with Gasteiger partial charge in [-0.3, -0.25) is 4.79 Å². The lowest BCUT2D eigenvalue weighted by molar-refractivity contribution is -0.129. The van der Waals surface area contributed by atoms with Crippen LogP contribution in [0.1, 0.15) is 19.3 Å². The molecule has 0 radical (unpaired) electrons. The van der Waals surface area contributed by atoms with Crippen LogP contribution in [0, 0.1) is 5.41 Å². The van der Waals surface area contributed by atoms with E-state index in [1.165, 1.54) is 0 Å². The van der Waals surface area contributed by atoms with Gasteiger partial charge < -0.3 is 10.6 Å². The zero-order chi connectivity index (χ0) is 11.2. The number of amides is 1. The minimum Gasteiger partial charge on any atom is -0.367 e. The third-order valence-corrected chi connectivity index (χ3v) is 3.92. The van der Waals surface area contributed by atoms with Gasteiger partial charge in [0.25, 0.3) is 0 Å². The highest BCUT2D eigenvalue weighted by Crippen LogP contribution is 2.44. The smallest absolute Gasteiger partial charge is 0.232 e. The topological polar surface area (TPSA) is 54.0 Å². The fourth-order valence-corrected chi connectivity index (χ4v) is 2.60. The highest BCUT2D eigenvalue weighted by molar-refractivity contribution is 9.10. The summed E-state index contributed by atoms with van der Waals surface area (Å²) < 4.78 is 0.873. The molecule has 2 N–H and O–H groups in total. The Labute approximate surface area is 102 Å². The van der Waals surface area contributed by atoms with Crippen molar-refractivity contribution in [1.82, 2.24) is 4.98 Å². The molecule has 1 aliphatic heterocycles. The minimum absolute atomic E-state index is 0.130. The number of anilines is 2. The van der Waals surface area contributed by atoms with E-state index in [4.69, 9.17) is 0 Å². The maximum Gasteiger partial charge on any atom is 0.232 e. The second-order valence-electron chi connectivity index (χ2n) is 4.49. The SMILES string of the molecule is O=C1Nc2cc(Br)cnc2NCC12CCC2. The predicted molar refractivity (Wildman–Crippen MR) is 65.3 cm³/mol. The van der Waals surface area contributed by atoms with Crippen molar-refractivity contribution >= 4 is 33.3 Å². The molecule has 1 amide bonds. The molecule has 0 bridgehead atoms. The highest BCUT2D eigenvalue weighted by atomic mass is 79.9. The van der Waals surface area contributed by atoms with E-state index < -0.39 is 0 Å². The van der Waals surface area contributed by atoms with Gasteiger partial charge >= 0.3 is 0 Å². The number of nitrogens with one attached hydrogen (secondary N) is 2. The van der Waals surface area contributed by atoms with Gasteiger partial charge in [-0.2, -0.15) is 0 Å². The Morgan fingerprint density at radius 3 is 2.94 bits per heavy atom. The summed E-state index contributed by atoms with van der Waals surface area (Å²) in [6.07, 6.45) is 4.82. The molecule has 16 heavy (non-hydrogen) atoms. The summed E-state index contributed by atoms with van der Waals surface area (Å²) in [5, 5.41) is 6.22. The summed E-state index contributed by atoms with van der Waals surface area (Å²) in [5.41, 5.74) is 0.566. The molecule has 1 aromatic rings. The van der Waals surface area contributed by atoms with Crippen LogP contribution in [-0.2, 0) is 4.79 Å². The Hall–Kier alpha value is -1.10. The van der Waals surface area contributed by atoms with E-state index in [9.17, 15) is 4.79 Å². The van der Waals surface area contributed by atoms with Crippen LogP contribution >= 0.6 is 15.9 Å². The zero-order valence-corrected chi connectivity index (χ0v) is 10.3. The molecule has 4 nitrogen and oxygen atoms in total. The molecule has 1 aliphatic carbocycles. The Kier molecular flexibility index (Phi) is 2.17. The van der Waals surface area contributed by atoms with Gasteiger partial charge in [-0.25, -0.2) is 4.98 Å². The molecule has 2 heterocycles. The molecule has 3 rings (SSSR count). The summed E-state index contributed by atoms with van der Waals surface area (Å²) >= 11 is 3.35. The van der Waals surface area contributed by atoms with Crippen molar-refractivity contribution in [3.8, 4) is 0 Å². The third-order valence-electron chi connectivity index (χ3n) is 3.49. The lowest BCUT2D eigenvalue weighted by atomic mass is 9.68. The maximum absolute atomic E-state index is 12.1. The van der Waals surface area contributed by atoms with E-state index in [0.29, 0.717) is 6.54 Å². The molecule has 1 spiro atoms. The lowest BCUT2D eigenvalue weighted by Crippen LogP contribution is -2.45. The maximum atomic E-state index is 12.1. The van der Waals surface area contributed by atoms with Crippen LogP contribution in [0.3, 0.4) is 0 Å². The van der Waals surface area contributed by atoms with Crippen molar-refractivity contribution in [2.45, 2.75) is 19.3 Å². The normalized spacial score (nSPS) is 21.4. The van der Waals surface area contributed by atoms with Gasteiger partial charge in [0.1, 0.15) is 5.82 Å². The van der Waals surface area contributed by atoms with Crippen LogP contribution in [0.15, 0.2) is 16.7 Å². The molecule has 1 fully saturated rings. The van der Waals surface area contributed by atoms with Gasteiger partial charge in [0, 0.05) is 17.2 Å². The van der Waals surface area contributed by atoms with Crippen molar-refractivity contribution in [3.63, 3.8) is 0 Å². The first-order valence-electron chi connectivity index (χ1n) is 5.41. The van der Waals surface area contributed by atoms with E-state index >= 15 is 0 Å². The molecule has 5 heteroatoms. The monoisotopic (exact) mass is 281 g/mol. The molecule has 1 aromatic heterocycles. The van der Waals surface area contributed by atoms with Crippen LogP contribution in [-0.4, -0.2) is 17.4 Å². The number of halogens is 1. The second-order valence-corrected chi connectivity index (χ2v) is 5.41. The fourth-order valence-electron chi connectivity index (χ4n) is 2.27. The number of nitrogens with zero attached hydrogens (tertiary/aromatic N) is 1. The summed E-state index contributed by atoms with van der Waals surface area (Å²) in [4.78, 5) is 16.4. The highest BCUT2D eigenvalue weighted by Gasteiger charge is 2.45. The van der Waals surface area contributed by atoms with Crippen LogP contribution < -0.4 is 10.6 Å². The Morgan fingerprint density at radius 2 is 2.25 bits per heavy atom. The number of hydrogen-bond donors (Lipinski definition) is 2. The Balaban J connectivity index is 1.97. The number of hydrogen-bond acceptors (Lipinski definition) is 3. The van der Waals surface area contributed by atoms with Crippen molar-refractivity contribution in [1.29, 1.82) is 0 Å². The molecule has 0 unspecified atom stereocenters. The standard InChI is InChI=1S/C11H12BrN3O/c12-7-4-8-9(13-5-7)14-6-11(2-1-3-11)10(16)15-8/h4-5H,1-3,6H2,(H,13,14)(H,15,16). The third kappa shape index (κ3) is 1.42. The van der Waals surface area contributed by atoms with E-state index in [1.807, 2.05) is 6.07 Å². The number of pyridine rings is 1. The van der Waals surface area contributed by atoms with Crippen molar-refractivity contribution in [3.05, 3.63) is 16.7 Å². The quantitative estimate of drug-likeness (QED) is 0.768. The molecule has 0 saturated heterocycles. The largest absolute Gasteiger partial charge is 0.367 e. The first kappa shape index (κ1) is 10.1. The van der Waals surface area contributed by atoms with E-state index in [2.05, 4.69) is 31.5 Å². The molecule has 0 aromatic carbocycles. The molecular weight excluding hydrogens is 270 g/mol. The second kappa shape index (κ2) is 3.45. The molecular formula is C11H12BrN3O. The predicted octanol–water partition coefficient (Wildman–Crippen LogP) is 2.38. The van der Waals surface area contributed by atoms with Crippen LogP contribution in [0.25, 0.3) is 0 Å². The Morgan fingerprint density at radius 1 is 1.44 bits per heavy atom. The first-order chi connectivity index (χ1) is 7.70. The number of aromatic nitrogens is 1. The van der Waals surface area contributed by atoms with Crippen LogP contribution in [0.4, 0.5) is 11.5 Å². The van der Waals surface area contributed by atoms with Gasteiger partial charge in [-0.05, 0) is 34.8 Å². The minimum atomic E-state index is -0.201. The first-order valence-corrected chi connectivity index (χ1v) is 6.20. The Bertz CT molecular complexity index is 457. The summed E-state index contributed by atoms with van der Waals surface area (Å²) in [6.45, 7) is 0.695. The number of fused-ring (bicyclic) bond motifs is 1. The van der Waals surface area contributed by atoms with Crippen molar-refractivity contribution in [2.75, 3.05) is 17.2 Å². The molecule has 1 saturated carbocycles. The molecule has 0 atom stereocenters. The van der Waals surface area contributed by atoms with Crippen molar-refractivity contribution < 1.29 is 4.79 Å². The van der Waals surface area contributed by atoms with Crippen molar-refractivity contribution in [2.24, 2.45) is 5.41 Å².